The lowest BCUT2D eigenvalue weighted by molar-refractivity contribution is -0.307. The summed E-state index contributed by atoms with van der Waals surface area (Å²) in [5, 5.41) is 10.3. The van der Waals surface area contributed by atoms with Gasteiger partial charge in [-0.25, -0.2) is 0 Å². The van der Waals surface area contributed by atoms with Crippen molar-refractivity contribution in [3.05, 3.63) is 70.8 Å². The van der Waals surface area contributed by atoms with Gasteiger partial charge in [-0.2, -0.15) is 0 Å². The van der Waals surface area contributed by atoms with Gasteiger partial charge in [0.2, 0.25) is 0 Å². The average molecular weight is 309 g/mol. The maximum absolute atomic E-state index is 12.1. The second-order valence-corrected chi connectivity index (χ2v) is 5.24. The zero-order valence-electron chi connectivity index (χ0n) is 13.0. The number of benzene rings is 2. The molecule has 0 bridgehead atoms. The fourth-order valence-corrected chi connectivity index (χ4v) is 2.13. The molecule has 0 aromatic heterocycles. The van der Waals surface area contributed by atoms with Crippen LogP contribution in [0.4, 0.5) is 0 Å². The van der Waals surface area contributed by atoms with Gasteiger partial charge in [0.25, 0.3) is 0 Å². The highest BCUT2D eigenvalue weighted by molar-refractivity contribution is 6.06. The highest BCUT2D eigenvalue weighted by Gasteiger charge is 2.03. The van der Waals surface area contributed by atoms with Crippen molar-refractivity contribution in [2.24, 2.45) is 0 Å². The minimum Gasteiger partial charge on any atom is -0.546 e. The minimum absolute atomic E-state index is 0.128. The quantitative estimate of drug-likeness (QED) is 0.607. The molecule has 0 aliphatic heterocycles. The van der Waals surface area contributed by atoms with Gasteiger partial charge < -0.3 is 14.6 Å². The van der Waals surface area contributed by atoms with Gasteiger partial charge in [0.1, 0.15) is 12.4 Å². The first-order valence-corrected chi connectivity index (χ1v) is 7.18. The summed E-state index contributed by atoms with van der Waals surface area (Å²) in [5.41, 5.74) is 3.79. The summed E-state index contributed by atoms with van der Waals surface area (Å²) in [4.78, 5) is 22.5. The van der Waals surface area contributed by atoms with Crippen LogP contribution >= 0.6 is 0 Å². The Hall–Kier alpha value is -2.88. The van der Waals surface area contributed by atoms with Gasteiger partial charge in [-0.1, -0.05) is 29.8 Å². The maximum Gasteiger partial charge on any atom is 0.185 e. The topological polar surface area (TPSA) is 66.4 Å². The zero-order valence-corrected chi connectivity index (χ0v) is 13.0. The molecule has 0 aliphatic carbocycles. The number of aryl methyl sites for hydroxylation is 2. The standard InChI is InChI=1S/C19H18O4/c1-13-3-4-15(14(2)11-13)7-10-18(20)16-5-8-17(9-6-16)23-12-19(21)22/h3-11H,12H2,1-2H3,(H,21,22)/p-1/b10-7+. The summed E-state index contributed by atoms with van der Waals surface area (Å²) in [6, 6.07) is 12.3. The number of carboxylic acids is 1. The van der Waals surface area contributed by atoms with Crippen LogP contribution in [0.1, 0.15) is 27.0 Å². The van der Waals surface area contributed by atoms with E-state index in [2.05, 4.69) is 6.07 Å². The molecule has 0 atom stereocenters. The number of hydrogen-bond acceptors (Lipinski definition) is 4. The van der Waals surface area contributed by atoms with Gasteiger partial charge in [-0.15, -0.1) is 0 Å². The summed E-state index contributed by atoms with van der Waals surface area (Å²) >= 11 is 0. The van der Waals surface area contributed by atoms with E-state index < -0.39 is 12.6 Å². The van der Waals surface area contributed by atoms with E-state index in [9.17, 15) is 14.7 Å². The molecule has 0 fully saturated rings. The van der Waals surface area contributed by atoms with E-state index in [4.69, 9.17) is 4.74 Å². The smallest absolute Gasteiger partial charge is 0.185 e. The molecule has 0 unspecified atom stereocenters. The minimum atomic E-state index is -1.29. The Kier molecular flexibility index (Phi) is 5.31. The van der Waals surface area contributed by atoms with E-state index in [1.165, 1.54) is 11.6 Å². The molecule has 4 nitrogen and oxygen atoms in total. The number of aliphatic carboxylic acids is 1. The molecule has 0 N–H and O–H groups in total. The molecule has 0 radical (unpaired) electrons. The zero-order chi connectivity index (χ0) is 16.8. The van der Waals surface area contributed by atoms with Gasteiger partial charge in [0.05, 0.1) is 5.97 Å². The molecule has 2 rings (SSSR count). The van der Waals surface area contributed by atoms with Gasteiger partial charge in [-0.05, 0) is 55.3 Å². The molecule has 0 amide bonds. The molecule has 2 aromatic rings. The number of rotatable bonds is 6. The van der Waals surface area contributed by atoms with Crippen LogP contribution in [0.3, 0.4) is 0 Å². The third kappa shape index (κ3) is 4.81. The molecule has 2 aromatic carbocycles. The highest BCUT2D eigenvalue weighted by atomic mass is 16.5. The Bertz CT molecular complexity index is 742. The number of carbonyl (C=O) groups is 2. The third-order valence-corrected chi connectivity index (χ3v) is 3.34. The van der Waals surface area contributed by atoms with Gasteiger partial charge >= 0.3 is 0 Å². The fourth-order valence-electron chi connectivity index (χ4n) is 2.13. The number of ether oxygens (including phenoxy) is 1. The molecule has 0 spiro atoms. The van der Waals surface area contributed by atoms with Crippen LogP contribution in [0.25, 0.3) is 6.08 Å². The fraction of sp³-hybridized carbons (Fsp3) is 0.158. The second-order valence-electron chi connectivity index (χ2n) is 5.24. The first kappa shape index (κ1) is 16.5. The molecule has 0 heterocycles. The summed E-state index contributed by atoms with van der Waals surface area (Å²) in [5.74, 6) is -1.04. The number of allylic oxidation sites excluding steroid dienone is 1. The van der Waals surface area contributed by atoms with Crippen molar-refractivity contribution in [1.82, 2.24) is 0 Å². The normalized spacial score (nSPS) is 10.7. The third-order valence-electron chi connectivity index (χ3n) is 3.34. The van der Waals surface area contributed by atoms with Crippen molar-refractivity contribution in [3.63, 3.8) is 0 Å². The Morgan fingerprint density at radius 3 is 2.39 bits per heavy atom. The maximum atomic E-state index is 12.1. The lowest BCUT2D eigenvalue weighted by atomic mass is 10.0. The Morgan fingerprint density at radius 1 is 1.09 bits per heavy atom. The van der Waals surface area contributed by atoms with Gasteiger partial charge in [0.15, 0.2) is 5.78 Å². The molecule has 0 saturated heterocycles. The molecule has 4 heteroatoms. The number of carbonyl (C=O) groups excluding carboxylic acids is 2. The number of hydrogen-bond donors (Lipinski definition) is 0. The summed E-state index contributed by atoms with van der Waals surface area (Å²) < 4.78 is 4.97. The van der Waals surface area contributed by atoms with Crippen LogP contribution < -0.4 is 9.84 Å². The summed E-state index contributed by atoms with van der Waals surface area (Å²) in [7, 11) is 0. The monoisotopic (exact) mass is 309 g/mol. The van der Waals surface area contributed by atoms with E-state index in [1.807, 2.05) is 26.0 Å². The van der Waals surface area contributed by atoms with Crippen molar-refractivity contribution in [3.8, 4) is 5.75 Å². The van der Waals surface area contributed by atoms with Crippen molar-refractivity contribution < 1.29 is 19.4 Å². The van der Waals surface area contributed by atoms with Crippen LogP contribution in [-0.4, -0.2) is 18.4 Å². The van der Waals surface area contributed by atoms with Crippen LogP contribution in [0.5, 0.6) is 5.75 Å². The highest BCUT2D eigenvalue weighted by Crippen LogP contribution is 2.15. The first-order valence-electron chi connectivity index (χ1n) is 7.18. The Balaban J connectivity index is 2.05. The lowest BCUT2D eigenvalue weighted by Gasteiger charge is -2.06. The second kappa shape index (κ2) is 7.40. The Morgan fingerprint density at radius 2 is 1.78 bits per heavy atom. The van der Waals surface area contributed by atoms with E-state index in [-0.39, 0.29) is 5.78 Å². The van der Waals surface area contributed by atoms with Crippen molar-refractivity contribution >= 4 is 17.8 Å². The van der Waals surface area contributed by atoms with E-state index in [0.717, 1.165) is 11.1 Å². The first-order chi connectivity index (χ1) is 11.0. The van der Waals surface area contributed by atoms with Crippen molar-refractivity contribution in [2.75, 3.05) is 6.61 Å². The summed E-state index contributed by atoms with van der Waals surface area (Å²) in [6.07, 6.45) is 3.31. The predicted molar refractivity (Wildman–Crippen MR) is 86.2 cm³/mol. The Labute approximate surface area is 135 Å². The van der Waals surface area contributed by atoms with Crippen LogP contribution in [-0.2, 0) is 4.79 Å². The molecule has 0 aliphatic rings. The number of carboxylic acid groups (broad SMARTS) is 1. The molecule has 118 valence electrons. The van der Waals surface area contributed by atoms with E-state index in [1.54, 1.807) is 30.3 Å². The van der Waals surface area contributed by atoms with E-state index >= 15 is 0 Å². The van der Waals surface area contributed by atoms with Crippen LogP contribution in [0, 0.1) is 13.8 Å². The lowest BCUT2D eigenvalue weighted by Crippen LogP contribution is -2.28. The average Bonchev–Trinajstić information content (AvgIpc) is 2.52. The molecular weight excluding hydrogens is 292 g/mol. The number of ketones is 1. The largest absolute Gasteiger partial charge is 0.546 e. The SMILES string of the molecule is Cc1ccc(/C=C/C(=O)c2ccc(OCC(=O)[O-])cc2)c(C)c1. The van der Waals surface area contributed by atoms with Crippen molar-refractivity contribution in [2.45, 2.75) is 13.8 Å². The molecule has 23 heavy (non-hydrogen) atoms. The van der Waals surface area contributed by atoms with Gasteiger partial charge in [-0.3, -0.25) is 4.79 Å². The predicted octanol–water partition coefficient (Wildman–Crippen LogP) is 2.33. The van der Waals surface area contributed by atoms with E-state index in [0.29, 0.717) is 11.3 Å². The molecule has 0 saturated carbocycles. The van der Waals surface area contributed by atoms with Crippen LogP contribution in [0.15, 0.2) is 48.5 Å². The van der Waals surface area contributed by atoms with Crippen LogP contribution in [0.2, 0.25) is 0 Å². The molecular formula is C19H17O4-. The summed E-state index contributed by atoms with van der Waals surface area (Å²) in [6.45, 7) is 3.51. The van der Waals surface area contributed by atoms with Crippen molar-refractivity contribution in [1.29, 1.82) is 0 Å². The van der Waals surface area contributed by atoms with Gasteiger partial charge in [0, 0.05) is 5.56 Å².